The van der Waals surface area contributed by atoms with Crippen LogP contribution in [0.25, 0.3) is 0 Å². The van der Waals surface area contributed by atoms with Gasteiger partial charge in [-0.3, -0.25) is 0 Å². The Balaban J connectivity index is 0.000000791. The first-order valence-corrected chi connectivity index (χ1v) is 5.40. The van der Waals surface area contributed by atoms with Crippen molar-refractivity contribution < 1.29 is 0 Å². The van der Waals surface area contributed by atoms with Gasteiger partial charge in [0, 0.05) is 0 Å². The Kier molecular flexibility index (Phi) is 6.82. The van der Waals surface area contributed by atoms with E-state index in [1.54, 1.807) is 0 Å². The summed E-state index contributed by atoms with van der Waals surface area (Å²) in [5.41, 5.74) is 2.72. The molecule has 0 nitrogen and oxygen atoms in total. The summed E-state index contributed by atoms with van der Waals surface area (Å²) in [6, 6.07) is 8.70. The first kappa shape index (κ1) is 13.0. The van der Waals surface area contributed by atoms with E-state index in [4.69, 9.17) is 0 Å². The van der Waals surface area contributed by atoms with E-state index in [9.17, 15) is 0 Å². The molecular weight excluding hydrogens is 168 g/mol. The Morgan fingerprint density at radius 1 is 1.21 bits per heavy atom. The molecule has 1 unspecified atom stereocenters. The third-order valence-corrected chi connectivity index (χ3v) is 2.08. The lowest BCUT2D eigenvalue weighted by atomic mass is 10.0. The van der Waals surface area contributed by atoms with Crippen LogP contribution in [-0.2, 0) is 6.42 Å². The molecule has 0 saturated carbocycles. The van der Waals surface area contributed by atoms with Gasteiger partial charge >= 0.3 is 0 Å². The van der Waals surface area contributed by atoms with Crippen LogP contribution >= 0.6 is 0 Å². The Bertz CT molecular complexity index is 243. The predicted molar refractivity (Wildman–Crippen MR) is 65.6 cm³/mol. The molecule has 78 valence electrons. The highest BCUT2D eigenvalue weighted by Gasteiger charge is 1.97. The molecule has 0 fully saturated rings. The molecule has 0 heterocycles. The smallest absolute Gasteiger partial charge is 0.0218 e. The minimum atomic E-state index is 0.577. The maximum atomic E-state index is 3.77. The van der Waals surface area contributed by atoms with Crippen molar-refractivity contribution in [3.63, 3.8) is 0 Å². The van der Waals surface area contributed by atoms with Gasteiger partial charge < -0.3 is 0 Å². The van der Waals surface area contributed by atoms with Crippen molar-refractivity contribution in [3.05, 3.63) is 48.0 Å². The summed E-state index contributed by atoms with van der Waals surface area (Å²) in [7, 11) is 0. The van der Waals surface area contributed by atoms with Crippen molar-refractivity contribution in [1.29, 1.82) is 0 Å². The lowest BCUT2D eigenvalue weighted by Gasteiger charge is -2.05. The fourth-order valence-electron chi connectivity index (χ4n) is 1.18. The lowest BCUT2D eigenvalue weighted by Crippen LogP contribution is -1.94. The van der Waals surface area contributed by atoms with Crippen molar-refractivity contribution in [2.24, 2.45) is 5.92 Å². The van der Waals surface area contributed by atoms with E-state index in [-0.39, 0.29) is 0 Å². The van der Waals surface area contributed by atoms with Gasteiger partial charge in [0.05, 0.1) is 0 Å². The summed E-state index contributed by atoms with van der Waals surface area (Å²) >= 11 is 0. The zero-order chi connectivity index (χ0) is 11.0. The highest BCUT2D eigenvalue weighted by Crippen LogP contribution is 2.09. The summed E-state index contributed by atoms with van der Waals surface area (Å²) in [4.78, 5) is 0. The molecule has 1 aromatic rings. The molecule has 0 spiro atoms. The average molecular weight is 190 g/mol. The molecule has 0 bridgehead atoms. The first-order chi connectivity index (χ1) is 6.72. The zero-order valence-corrected chi connectivity index (χ0v) is 9.88. The Morgan fingerprint density at radius 3 is 2.14 bits per heavy atom. The van der Waals surface area contributed by atoms with E-state index in [1.165, 1.54) is 11.1 Å². The maximum Gasteiger partial charge on any atom is -0.0218 e. The second-order valence-corrected chi connectivity index (χ2v) is 3.40. The monoisotopic (exact) mass is 190 g/mol. The van der Waals surface area contributed by atoms with Gasteiger partial charge in [0.25, 0.3) is 0 Å². The van der Waals surface area contributed by atoms with Crippen molar-refractivity contribution in [2.75, 3.05) is 0 Å². The minimum Gasteiger partial charge on any atom is -0.103 e. The van der Waals surface area contributed by atoms with Crippen molar-refractivity contribution >= 4 is 0 Å². The number of rotatable bonds is 3. The second-order valence-electron chi connectivity index (χ2n) is 3.40. The molecule has 0 aliphatic heterocycles. The summed E-state index contributed by atoms with van der Waals surface area (Å²) < 4.78 is 0. The predicted octanol–water partition coefficient (Wildman–Crippen LogP) is 4.39. The van der Waals surface area contributed by atoms with Gasteiger partial charge in [0.15, 0.2) is 0 Å². The summed E-state index contributed by atoms with van der Waals surface area (Å²) in [5, 5.41) is 0. The number of allylic oxidation sites excluding steroid dienone is 1. The molecule has 0 aliphatic carbocycles. The fraction of sp³-hybridized carbons (Fsp3) is 0.429. The Hall–Kier alpha value is -1.04. The Labute approximate surface area is 88.7 Å². The van der Waals surface area contributed by atoms with Crippen LogP contribution in [0.2, 0.25) is 0 Å². The molecule has 1 aromatic carbocycles. The van der Waals surface area contributed by atoms with Crippen LogP contribution in [0.1, 0.15) is 31.9 Å². The fourth-order valence-corrected chi connectivity index (χ4v) is 1.18. The summed E-state index contributed by atoms with van der Waals surface area (Å²) in [6.07, 6.45) is 3.10. The number of hydrogen-bond acceptors (Lipinski definition) is 0. The van der Waals surface area contributed by atoms with Gasteiger partial charge in [0.1, 0.15) is 0 Å². The number of aryl methyl sites for hydroxylation is 1. The van der Waals surface area contributed by atoms with Crippen LogP contribution in [0.5, 0.6) is 0 Å². The van der Waals surface area contributed by atoms with Crippen molar-refractivity contribution in [2.45, 2.75) is 34.1 Å². The van der Waals surface area contributed by atoms with Crippen molar-refractivity contribution in [3.8, 4) is 0 Å². The molecule has 14 heavy (non-hydrogen) atoms. The maximum absolute atomic E-state index is 3.77. The highest BCUT2D eigenvalue weighted by molar-refractivity contribution is 5.21. The van der Waals surface area contributed by atoms with Gasteiger partial charge in [0.2, 0.25) is 0 Å². The molecule has 0 saturated heterocycles. The van der Waals surface area contributed by atoms with Gasteiger partial charge in [-0.15, -0.1) is 6.58 Å². The molecule has 0 N–H and O–H groups in total. The molecular formula is C14H22. The standard InChI is InChI=1S/C12H16.C2H6/c1-4-10(2)9-12-7-5-11(3)6-8-12;1-2/h4-8,10H,1,9H2,2-3H3;1-2H3. The highest BCUT2D eigenvalue weighted by atomic mass is 14.0. The van der Waals surface area contributed by atoms with Crippen LogP contribution in [0, 0.1) is 12.8 Å². The normalized spacial score (nSPS) is 11.1. The largest absolute Gasteiger partial charge is 0.103 e. The quantitative estimate of drug-likeness (QED) is 0.620. The van der Waals surface area contributed by atoms with Gasteiger partial charge in [-0.2, -0.15) is 0 Å². The van der Waals surface area contributed by atoms with Crippen LogP contribution in [0.15, 0.2) is 36.9 Å². The lowest BCUT2D eigenvalue weighted by molar-refractivity contribution is 0.725. The molecule has 1 rings (SSSR count). The molecule has 0 aliphatic rings. The summed E-state index contributed by atoms with van der Waals surface area (Å²) in [6.45, 7) is 12.1. The second kappa shape index (κ2) is 7.37. The number of hydrogen-bond donors (Lipinski definition) is 0. The average Bonchev–Trinajstić information content (AvgIpc) is 2.24. The molecule has 1 atom stereocenters. The first-order valence-electron chi connectivity index (χ1n) is 5.40. The summed E-state index contributed by atoms with van der Waals surface area (Å²) in [5.74, 6) is 0.577. The zero-order valence-electron chi connectivity index (χ0n) is 9.88. The molecule has 0 amide bonds. The van der Waals surface area contributed by atoms with E-state index >= 15 is 0 Å². The van der Waals surface area contributed by atoms with Crippen LogP contribution in [0.4, 0.5) is 0 Å². The molecule has 0 heteroatoms. The van der Waals surface area contributed by atoms with Gasteiger partial charge in [-0.05, 0) is 24.8 Å². The van der Waals surface area contributed by atoms with Crippen LogP contribution < -0.4 is 0 Å². The van der Waals surface area contributed by atoms with E-state index in [0.29, 0.717) is 5.92 Å². The van der Waals surface area contributed by atoms with E-state index < -0.39 is 0 Å². The van der Waals surface area contributed by atoms with Crippen LogP contribution in [-0.4, -0.2) is 0 Å². The molecule has 0 aromatic heterocycles. The SMILES string of the molecule is C=CC(C)Cc1ccc(C)cc1.CC. The number of benzene rings is 1. The van der Waals surface area contributed by atoms with Gasteiger partial charge in [-0.25, -0.2) is 0 Å². The topological polar surface area (TPSA) is 0 Å². The van der Waals surface area contributed by atoms with E-state index in [0.717, 1.165) is 6.42 Å². The van der Waals surface area contributed by atoms with Gasteiger partial charge in [-0.1, -0.05) is 56.7 Å². The minimum absolute atomic E-state index is 0.577. The molecule has 0 radical (unpaired) electrons. The van der Waals surface area contributed by atoms with Crippen molar-refractivity contribution in [1.82, 2.24) is 0 Å². The third-order valence-electron chi connectivity index (χ3n) is 2.08. The Morgan fingerprint density at radius 2 is 1.71 bits per heavy atom. The van der Waals surface area contributed by atoms with Crippen LogP contribution in [0.3, 0.4) is 0 Å². The third kappa shape index (κ3) is 4.86. The van der Waals surface area contributed by atoms with E-state index in [2.05, 4.69) is 44.7 Å². The van der Waals surface area contributed by atoms with E-state index in [1.807, 2.05) is 19.9 Å².